The van der Waals surface area contributed by atoms with Gasteiger partial charge in [0.1, 0.15) is 29.7 Å². The second-order valence-electron chi connectivity index (χ2n) is 4.90. The first-order chi connectivity index (χ1) is 10.8. The number of ether oxygens (including phenoxy) is 2. The van der Waals surface area contributed by atoms with Crippen LogP contribution in [0.25, 0.3) is 11.0 Å². The van der Waals surface area contributed by atoms with Crippen LogP contribution in [0.4, 0.5) is 0 Å². The Hall–Kier alpha value is -2.31. The molecule has 0 saturated heterocycles. The molecule has 0 aliphatic heterocycles. The van der Waals surface area contributed by atoms with E-state index in [1.54, 1.807) is 17.9 Å². The molecule has 1 heterocycles. The van der Waals surface area contributed by atoms with Gasteiger partial charge in [0.05, 0.1) is 19.2 Å². The molecule has 2 aromatic carbocycles. The maximum Gasteiger partial charge on any atom is 0.123 e. The predicted octanol–water partition coefficient (Wildman–Crippen LogP) is 2.30. The summed E-state index contributed by atoms with van der Waals surface area (Å²) in [5.41, 5.74) is 1.70. The average Bonchev–Trinajstić information content (AvgIpc) is 2.96. The van der Waals surface area contributed by atoms with E-state index < -0.39 is 6.10 Å². The second-order valence-corrected chi connectivity index (χ2v) is 4.90. The summed E-state index contributed by atoms with van der Waals surface area (Å²) in [4.78, 5) is 0. The number of aliphatic hydroxyl groups excluding tert-OH is 1. The standard InChI is InChI=1S/C16H17N3O3.ClH/c1-21-13-5-4-6-14(9-13)22-11-12(20)10-19-16-8-3-2-7-15(16)17-18-19;/h2-9,12,20H,10-11H2,1H3;1H. The van der Waals surface area contributed by atoms with Gasteiger partial charge in [0.25, 0.3) is 0 Å². The van der Waals surface area contributed by atoms with Gasteiger partial charge in [-0.15, -0.1) is 17.5 Å². The molecular weight excluding hydrogens is 318 g/mol. The van der Waals surface area contributed by atoms with Crippen molar-refractivity contribution in [1.29, 1.82) is 0 Å². The third-order valence-electron chi connectivity index (χ3n) is 3.29. The van der Waals surface area contributed by atoms with Gasteiger partial charge in [-0.25, -0.2) is 4.68 Å². The second kappa shape index (κ2) is 7.80. The highest BCUT2D eigenvalue weighted by molar-refractivity contribution is 5.85. The first-order valence-corrected chi connectivity index (χ1v) is 6.99. The Kier molecular flexibility index (Phi) is 5.78. The number of benzene rings is 2. The smallest absolute Gasteiger partial charge is 0.123 e. The predicted molar refractivity (Wildman–Crippen MR) is 89.3 cm³/mol. The molecular formula is C16H18ClN3O3. The zero-order valence-corrected chi connectivity index (χ0v) is 13.4. The van der Waals surface area contributed by atoms with Crippen LogP contribution in [0.2, 0.25) is 0 Å². The molecule has 6 nitrogen and oxygen atoms in total. The van der Waals surface area contributed by atoms with Gasteiger partial charge in [-0.2, -0.15) is 0 Å². The summed E-state index contributed by atoms with van der Waals surface area (Å²) in [6, 6.07) is 14.9. The molecule has 0 aliphatic carbocycles. The van der Waals surface area contributed by atoms with Crippen LogP contribution in [0, 0.1) is 0 Å². The summed E-state index contributed by atoms with van der Waals surface area (Å²) < 4.78 is 12.4. The van der Waals surface area contributed by atoms with Crippen molar-refractivity contribution in [3.05, 3.63) is 48.5 Å². The molecule has 1 unspecified atom stereocenters. The van der Waals surface area contributed by atoms with Gasteiger partial charge in [-0.1, -0.05) is 23.4 Å². The molecule has 0 bridgehead atoms. The molecule has 0 radical (unpaired) electrons. The fraction of sp³-hybridized carbons (Fsp3) is 0.250. The first kappa shape index (κ1) is 17.1. The molecule has 122 valence electrons. The Morgan fingerprint density at radius 3 is 2.74 bits per heavy atom. The minimum Gasteiger partial charge on any atom is -0.497 e. The van der Waals surface area contributed by atoms with Crippen molar-refractivity contribution in [2.75, 3.05) is 13.7 Å². The zero-order valence-electron chi connectivity index (χ0n) is 12.6. The number of aromatic nitrogens is 3. The molecule has 1 aromatic heterocycles. The van der Waals surface area contributed by atoms with Crippen molar-refractivity contribution in [2.45, 2.75) is 12.6 Å². The topological polar surface area (TPSA) is 69.4 Å². The van der Waals surface area contributed by atoms with E-state index in [1.165, 1.54) is 0 Å². The summed E-state index contributed by atoms with van der Waals surface area (Å²) in [5, 5.41) is 18.2. The van der Waals surface area contributed by atoms with E-state index in [0.29, 0.717) is 18.0 Å². The number of methoxy groups -OCH3 is 1. The lowest BCUT2D eigenvalue weighted by atomic mass is 10.3. The lowest BCUT2D eigenvalue weighted by molar-refractivity contribution is 0.0898. The average molecular weight is 336 g/mol. The fourth-order valence-electron chi connectivity index (χ4n) is 2.19. The minimum atomic E-state index is -0.684. The fourth-order valence-corrected chi connectivity index (χ4v) is 2.19. The Morgan fingerprint density at radius 1 is 1.13 bits per heavy atom. The van der Waals surface area contributed by atoms with E-state index in [9.17, 15) is 5.11 Å². The van der Waals surface area contributed by atoms with Crippen molar-refractivity contribution in [3.8, 4) is 11.5 Å². The zero-order chi connectivity index (χ0) is 15.4. The lowest BCUT2D eigenvalue weighted by Gasteiger charge is -2.13. The number of halogens is 1. The van der Waals surface area contributed by atoms with Crippen LogP contribution in [0.1, 0.15) is 0 Å². The molecule has 7 heteroatoms. The molecule has 0 saturated carbocycles. The third-order valence-corrected chi connectivity index (χ3v) is 3.29. The third kappa shape index (κ3) is 4.12. The number of para-hydroxylation sites is 1. The van der Waals surface area contributed by atoms with E-state index in [2.05, 4.69) is 10.3 Å². The van der Waals surface area contributed by atoms with Crippen molar-refractivity contribution >= 4 is 23.4 Å². The van der Waals surface area contributed by atoms with E-state index in [1.807, 2.05) is 42.5 Å². The highest BCUT2D eigenvalue weighted by Crippen LogP contribution is 2.19. The molecule has 3 aromatic rings. The summed E-state index contributed by atoms with van der Waals surface area (Å²) in [5.74, 6) is 1.37. The first-order valence-electron chi connectivity index (χ1n) is 6.99. The highest BCUT2D eigenvalue weighted by Gasteiger charge is 2.10. The quantitative estimate of drug-likeness (QED) is 0.748. The van der Waals surface area contributed by atoms with Crippen molar-refractivity contribution in [3.63, 3.8) is 0 Å². The largest absolute Gasteiger partial charge is 0.497 e. The van der Waals surface area contributed by atoms with Crippen molar-refractivity contribution in [1.82, 2.24) is 15.0 Å². The van der Waals surface area contributed by atoms with Gasteiger partial charge in [0.2, 0.25) is 0 Å². The Balaban J connectivity index is 0.00000192. The molecule has 0 amide bonds. The molecule has 1 atom stereocenters. The van der Waals surface area contributed by atoms with Gasteiger partial charge in [-0.3, -0.25) is 0 Å². The van der Waals surface area contributed by atoms with Gasteiger partial charge < -0.3 is 14.6 Å². The molecule has 1 N–H and O–H groups in total. The summed E-state index contributed by atoms with van der Waals surface area (Å²) in [6.07, 6.45) is -0.684. The van der Waals surface area contributed by atoms with Crippen LogP contribution in [0.5, 0.6) is 11.5 Å². The number of hydrogen-bond acceptors (Lipinski definition) is 5. The van der Waals surface area contributed by atoms with Gasteiger partial charge in [-0.05, 0) is 24.3 Å². The van der Waals surface area contributed by atoms with Crippen LogP contribution in [0.15, 0.2) is 48.5 Å². The highest BCUT2D eigenvalue weighted by atomic mass is 35.5. The Bertz CT molecular complexity index is 763. The van der Waals surface area contributed by atoms with Crippen LogP contribution in [0.3, 0.4) is 0 Å². The number of hydrogen-bond donors (Lipinski definition) is 1. The maximum absolute atomic E-state index is 10.1. The van der Waals surface area contributed by atoms with E-state index in [-0.39, 0.29) is 19.0 Å². The molecule has 23 heavy (non-hydrogen) atoms. The Morgan fingerprint density at radius 2 is 1.91 bits per heavy atom. The lowest BCUT2D eigenvalue weighted by Crippen LogP contribution is -2.24. The summed E-state index contributed by atoms with van der Waals surface area (Å²) >= 11 is 0. The monoisotopic (exact) mass is 335 g/mol. The number of fused-ring (bicyclic) bond motifs is 1. The van der Waals surface area contributed by atoms with Crippen LogP contribution < -0.4 is 9.47 Å². The SMILES string of the molecule is COc1cccc(OCC(O)Cn2nnc3ccccc32)c1.Cl. The molecule has 0 aliphatic rings. The summed E-state index contributed by atoms with van der Waals surface area (Å²) in [7, 11) is 1.60. The van der Waals surface area contributed by atoms with E-state index in [0.717, 1.165) is 11.0 Å². The van der Waals surface area contributed by atoms with E-state index >= 15 is 0 Å². The van der Waals surface area contributed by atoms with Gasteiger partial charge in [0, 0.05) is 6.07 Å². The number of rotatable bonds is 6. The molecule has 3 rings (SSSR count). The van der Waals surface area contributed by atoms with Crippen LogP contribution in [-0.4, -0.2) is 39.9 Å². The van der Waals surface area contributed by atoms with Crippen LogP contribution >= 0.6 is 12.4 Å². The van der Waals surface area contributed by atoms with E-state index in [4.69, 9.17) is 9.47 Å². The normalized spacial score (nSPS) is 11.7. The Labute approximate surface area is 140 Å². The number of aliphatic hydroxyl groups is 1. The van der Waals surface area contributed by atoms with Crippen molar-refractivity contribution in [2.24, 2.45) is 0 Å². The van der Waals surface area contributed by atoms with Gasteiger partial charge in [0.15, 0.2) is 0 Å². The van der Waals surface area contributed by atoms with Gasteiger partial charge >= 0.3 is 0 Å². The molecule has 0 spiro atoms. The number of nitrogens with zero attached hydrogens (tertiary/aromatic N) is 3. The minimum absolute atomic E-state index is 0. The van der Waals surface area contributed by atoms with Crippen LogP contribution in [-0.2, 0) is 6.54 Å². The van der Waals surface area contributed by atoms with Crippen molar-refractivity contribution < 1.29 is 14.6 Å². The summed E-state index contributed by atoms with van der Waals surface area (Å²) in [6.45, 7) is 0.492. The maximum atomic E-state index is 10.1. The molecule has 0 fully saturated rings.